The summed E-state index contributed by atoms with van der Waals surface area (Å²) in [6.45, 7) is 2.12. The molecule has 1 aliphatic carbocycles. The van der Waals surface area contributed by atoms with Crippen LogP contribution in [0.15, 0.2) is 28.7 Å². The number of nitrogens with one attached hydrogen (secondary N) is 1. The van der Waals surface area contributed by atoms with Gasteiger partial charge in [-0.2, -0.15) is 5.10 Å². The van der Waals surface area contributed by atoms with Crippen molar-refractivity contribution in [3.05, 3.63) is 18.5 Å². The first-order valence-corrected chi connectivity index (χ1v) is 8.11. The van der Waals surface area contributed by atoms with Crippen molar-refractivity contribution in [2.75, 3.05) is 12.4 Å². The molecule has 0 saturated heterocycles. The lowest BCUT2D eigenvalue weighted by Gasteiger charge is -2.09. The second kappa shape index (κ2) is 8.47. The molecular formula is C14H18N4O3S. The molecule has 0 aromatic carbocycles. The minimum atomic E-state index is -0.328. The zero-order valence-corrected chi connectivity index (χ0v) is 13.1. The van der Waals surface area contributed by atoms with Crippen LogP contribution in [0.2, 0.25) is 0 Å². The summed E-state index contributed by atoms with van der Waals surface area (Å²) in [7, 11) is 0. The summed E-state index contributed by atoms with van der Waals surface area (Å²) in [5.41, 5.74) is 3.17. The number of carbonyl (C=O) groups is 2. The van der Waals surface area contributed by atoms with Crippen molar-refractivity contribution in [2.24, 2.45) is 11.0 Å². The third-order valence-electron chi connectivity index (χ3n) is 3.10. The van der Waals surface area contributed by atoms with Gasteiger partial charge in [0, 0.05) is 12.4 Å². The Bertz CT molecular complexity index is 550. The van der Waals surface area contributed by atoms with E-state index in [1.54, 1.807) is 25.4 Å². The van der Waals surface area contributed by atoms with Crippen LogP contribution >= 0.6 is 11.8 Å². The number of nitrogens with zero attached hydrogens (tertiary/aromatic N) is 3. The molecule has 1 amide bonds. The van der Waals surface area contributed by atoms with Crippen LogP contribution in [-0.2, 0) is 14.3 Å². The third kappa shape index (κ3) is 4.80. The molecule has 22 heavy (non-hydrogen) atoms. The van der Waals surface area contributed by atoms with E-state index in [0.29, 0.717) is 23.9 Å². The van der Waals surface area contributed by atoms with Gasteiger partial charge in [-0.3, -0.25) is 9.59 Å². The van der Waals surface area contributed by atoms with Crippen LogP contribution in [0, 0.1) is 5.92 Å². The van der Waals surface area contributed by atoms with Gasteiger partial charge in [0.05, 0.1) is 24.0 Å². The quantitative estimate of drug-likeness (QED) is 0.368. The monoisotopic (exact) mass is 322 g/mol. The largest absolute Gasteiger partial charge is 0.465 e. The van der Waals surface area contributed by atoms with Crippen molar-refractivity contribution < 1.29 is 14.3 Å². The minimum Gasteiger partial charge on any atom is -0.465 e. The summed E-state index contributed by atoms with van der Waals surface area (Å²) < 4.78 is 5.02. The Morgan fingerprint density at radius 2 is 2.23 bits per heavy atom. The van der Waals surface area contributed by atoms with Gasteiger partial charge in [-0.15, -0.1) is 0 Å². The molecule has 2 rings (SSSR count). The summed E-state index contributed by atoms with van der Waals surface area (Å²) in [6, 6.07) is 1.71. The van der Waals surface area contributed by atoms with E-state index in [4.69, 9.17) is 4.74 Å². The molecule has 1 unspecified atom stereocenters. The van der Waals surface area contributed by atoms with Gasteiger partial charge in [0.15, 0.2) is 5.16 Å². The number of aromatic nitrogens is 2. The molecule has 1 saturated carbocycles. The Hall–Kier alpha value is -1.96. The Labute approximate surface area is 132 Å². The van der Waals surface area contributed by atoms with E-state index < -0.39 is 0 Å². The maximum Gasteiger partial charge on any atom is 0.314 e. The van der Waals surface area contributed by atoms with Crippen molar-refractivity contribution in [3.8, 4) is 0 Å². The topological polar surface area (TPSA) is 93.5 Å². The Balaban J connectivity index is 1.82. The number of amides is 1. The summed E-state index contributed by atoms with van der Waals surface area (Å²) in [5, 5.41) is 4.62. The Morgan fingerprint density at radius 3 is 2.95 bits per heavy atom. The first-order chi connectivity index (χ1) is 10.7. The smallest absolute Gasteiger partial charge is 0.314 e. The van der Waals surface area contributed by atoms with Gasteiger partial charge in [-0.05, 0) is 32.3 Å². The van der Waals surface area contributed by atoms with Crippen LogP contribution in [0.1, 0.15) is 26.2 Å². The van der Waals surface area contributed by atoms with Crippen LogP contribution in [0.4, 0.5) is 0 Å². The molecule has 0 spiro atoms. The predicted molar refractivity (Wildman–Crippen MR) is 82.3 cm³/mol. The van der Waals surface area contributed by atoms with Gasteiger partial charge in [0.1, 0.15) is 0 Å². The lowest BCUT2D eigenvalue weighted by atomic mass is 10.1. The van der Waals surface area contributed by atoms with Gasteiger partial charge < -0.3 is 4.74 Å². The van der Waals surface area contributed by atoms with Gasteiger partial charge in [-0.25, -0.2) is 15.4 Å². The molecule has 8 heteroatoms. The van der Waals surface area contributed by atoms with Crippen LogP contribution in [0.5, 0.6) is 0 Å². The van der Waals surface area contributed by atoms with E-state index in [-0.39, 0.29) is 23.5 Å². The number of hydrogen-bond donors (Lipinski definition) is 1. The second-order valence-electron chi connectivity index (χ2n) is 4.66. The fourth-order valence-corrected chi connectivity index (χ4v) is 2.71. The van der Waals surface area contributed by atoms with Crippen molar-refractivity contribution >= 4 is 29.4 Å². The SMILES string of the molecule is CCOC(=O)C1CCC/C1=N\NC(=O)CSc1ncccn1. The van der Waals surface area contributed by atoms with E-state index in [1.807, 2.05) is 0 Å². The highest BCUT2D eigenvalue weighted by Gasteiger charge is 2.30. The van der Waals surface area contributed by atoms with E-state index in [0.717, 1.165) is 12.8 Å². The summed E-state index contributed by atoms with van der Waals surface area (Å²) in [6.07, 6.45) is 5.55. The van der Waals surface area contributed by atoms with Gasteiger partial charge in [-0.1, -0.05) is 11.8 Å². The predicted octanol–water partition coefficient (Wildman–Crippen LogP) is 1.40. The number of rotatable bonds is 6. The van der Waals surface area contributed by atoms with Crippen molar-refractivity contribution in [3.63, 3.8) is 0 Å². The van der Waals surface area contributed by atoms with E-state index in [9.17, 15) is 9.59 Å². The Kier molecular flexibility index (Phi) is 6.32. The molecule has 0 radical (unpaired) electrons. The van der Waals surface area contributed by atoms with Gasteiger partial charge in [0.2, 0.25) is 0 Å². The van der Waals surface area contributed by atoms with Crippen LogP contribution in [0.25, 0.3) is 0 Å². The number of hydrazone groups is 1. The molecule has 1 heterocycles. The van der Waals surface area contributed by atoms with Gasteiger partial charge >= 0.3 is 5.97 Å². The lowest BCUT2D eigenvalue weighted by molar-refractivity contribution is -0.145. The molecule has 118 valence electrons. The zero-order valence-electron chi connectivity index (χ0n) is 12.3. The molecule has 0 bridgehead atoms. The second-order valence-corrected chi connectivity index (χ2v) is 5.60. The van der Waals surface area contributed by atoms with E-state index >= 15 is 0 Å². The highest BCUT2D eigenvalue weighted by Crippen LogP contribution is 2.23. The standard InChI is InChI=1S/C14H18N4O3S/c1-2-21-13(20)10-5-3-6-11(10)17-18-12(19)9-22-14-15-7-4-8-16-14/h4,7-8,10H,2-3,5-6,9H2,1H3,(H,18,19)/b17-11+. The Morgan fingerprint density at radius 1 is 1.45 bits per heavy atom. The molecule has 1 aliphatic rings. The first-order valence-electron chi connectivity index (χ1n) is 7.12. The first kappa shape index (κ1) is 16.4. The molecular weight excluding hydrogens is 304 g/mol. The van der Waals surface area contributed by atoms with Crippen LogP contribution in [0.3, 0.4) is 0 Å². The fourth-order valence-electron chi connectivity index (χ4n) is 2.12. The normalized spacial score (nSPS) is 19.1. The number of esters is 1. The van der Waals surface area contributed by atoms with E-state index in [2.05, 4.69) is 20.5 Å². The molecule has 1 fully saturated rings. The average Bonchev–Trinajstić information content (AvgIpc) is 3.01. The lowest BCUT2D eigenvalue weighted by Crippen LogP contribution is -2.26. The van der Waals surface area contributed by atoms with Crippen LogP contribution in [-0.4, -0.2) is 39.9 Å². The summed E-state index contributed by atoms with van der Waals surface area (Å²) in [5.74, 6) is -0.671. The zero-order chi connectivity index (χ0) is 15.8. The van der Waals surface area contributed by atoms with E-state index in [1.165, 1.54) is 11.8 Å². The average molecular weight is 322 g/mol. The number of hydrogen-bond acceptors (Lipinski definition) is 7. The fraction of sp³-hybridized carbons (Fsp3) is 0.500. The van der Waals surface area contributed by atoms with Gasteiger partial charge in [0.25, 0.3) is 5.91 Å². The molecule has 1 atom stereocenters. The summed E-state index contributed by atoms with van der Waals surface area (Å²) in [4.78, 5) is 31.6. The number of thioether (sulfide) groups is 1. The number of ether oxygens (including phenoxy) is 1. The molecule has 7 nitrogen and oxygen atoms in total. The molecule has 1 N–H and O–H groups in total. The third-order valence-corrected chi connectivity index (χ3v) is 3.97. The maximum atomic E-state index is 11.8. The van der Waals surface area contributed by atoms with Crippen molar-refractivity contribution in [2.45, 2.75) is 31.3 Å². The highest BCUT2D eigenvalue weighted by atomic mass is 32.2. The van der Waals surface area contributed by atoms with Crippen molar-refractivity contribution in [1.29, 1.82) is 0 Å². The minimum absolute atomic E-state index is 0.171. The maximum absolute atomic E-state index is 11.8. The number of carbonyl (C=O) groups excluding carboxylic acids is 2. The summed E-state index contributed by atoms with van der Waals surface area (Å²) >= 11 is 1.23. The molecule has 1 aromatic heterocycles. The molecule has 0 aliphatic heterocycles. The molecule has 1 aromatic rings. The van der Waals surface area contributed by atoms with Crippen LogP contribution < -0.4 is 5.43 Å². The highest BCUT2D eigenvalue weighted by molar-refractivity contribution is 7.99. The van der Waals surface area contributed by atoms with Crippen molar-refractivity contribution in [1.82, 2.24) is 15.4 Å².